The predicted octanol–water partition coefficient (Wildman–Crippen LogP) is 3.73. The maximum Gasteiger partial charge on any atom is 0.272 e. The Kier molecular flexibility index (Phi) is 6.54. The summed E-state index contributed by atoms with van der Waals surface area (Å²) < 4.78 is 5.67. The highest BCUT2D eigenvalue weighted by molar-refractivity contribution is 8.04. The van der Waals surface area contributed by atoms with Crippen LogP contribution in [-0.2, 0) is 9.59 Å². The number of amides is 2. The molecule has 0 saturated carbocycles. The third kappa shape index (κ3) is 4.29. The monoisotopic (exact) mass is 397 g/mol. The largest absolute Gasteiger partial charge is 0.493 e. The second kappa shape index (κ2) is 9.08. The number of imide groups is 1. The first-order valence-corrected chi connectivity index (χ1v) is 10.2. The highest BCUT2D eigenvalue weighted by Gasteiger charge is 2.40. The van der Waals surface area contributed by atoms with Crippen LogP contribution in [-0.4, -0.2) is 35.9 Å². The van der Waals surface area contributed by atoms with Crippen molar-refractivity contribution in [3.8, 4) is 5.75 Å². The summed E-state index contributed by atoms with van der Waals surface area (Å²) in [5.74, 6) is 0.735. The molecule has 1 aliphatic heterocycles. The molecule has 0 aromatic heterocycles. The molecule has 5 nitrogen and oxygen atoms in total. The summed E-state index contributed by atoms with van der Waals surface area (Å²) in [5, 5.41) is 9.17. The van der Waals surface area contributed by atoms with Crippen molar-refractivity contribution in [1.29, 1.82) is 0 Å². The van der Waals surface area contributed by atoms with Gasteiger partial charge in [0.05, 0.1) is 29.4 Å². The summed E-state index contributed by atoms with van der Waals surface area (Å²) in [6.45, 7) is 4.67. The van der Waals surface area contributed by atoms with Crippen molar-refractivity contribution in [2.45, 2.75) is 13.8 Å². The molecule has 28 heavy (non-hydrogen) atoms. The Morgan fingerprint density at radius 1 is 1.00 bits per heavy atom. The molecule has 2 amide bonds. The molecule has 0 atom stereocenters. The molecule has 0 bridgehead atoms. The van der Waals surface area contributed by atoms with Crippen LogP contribution in [0, 0.1) is 5.92 Å². The van der Waals surface area contributed by atoms with Crippen molar-refractivity contribution in [3.63, 3.8) is 0 Å². The summed E-state index contributed by atoms with van der Waals surface area (Å²) in [7, 11) is 0. The lowest BCUT2D eigenvalue weighted by Gasteiger charge is -2.16. The topological polar surface area (TPSA) is 66.8 Å². The van der Waals surface area contributed by atoms with Crippen LogP contribution in [0.1, 0.15) is 19.4 Å². The zero-order chi connectivity index (χ0) is 20.1. The van der Waals surface area contributed by atoms with Gasteiger partial charge < -0.3 is 9.84 Å². The van der Waals surface area contributed by atoms with Gasteiger partial charge in [0.1, 0.15) is 5.75 Å². The van der Waals surface area contributed by atoms with E-state index in [-0.39, 0.29) is 18.4 Å². The SMILES string of the molecule is CC(C)COc1ccc(N2C(=O)C(SCCO)=C(c3ccccc3)C2=O)cc1. The van der Waals surface area contributed by atoms with Crippen molar-refractivity contribution in [2.75, 3.05) is 23.9 Å². The van der Waals surface area contributed by atoms with Crippen LogP contribution in [0.4, 0.5) is 5.69 Å². The highest BCUT2D eigenvalue weighted by atomic mass is 32.2. The minimum atomic E-state index is -0.363. The van der Waals surface area contributed by atoms with Crippen molar-refractivity contribution in [3.05, 3.63) is 65.1 Å². The number of benzene rings is 2. The van der Waals surface area contributed by atoms with Gasteiger partial charge in [-0.15, -0.1) is 11.8 Å². The van der Waals surface area contributed by atoms with E-state index in [4.69, 9.17) is 4.74 Å². The Morgan fingerprint density at radius 2 is 1.68 bits per heavy atom. The first-order valence-electron chi connectivity index (χ1n) is 9.18. The Hall–Kier alpha value is -2.57. The molecule has 146 valence electrons. The molecule has 3 rings (SSSR count). The fourth-order valence-corrected chi connectivity index (χ4v) is 3.70. The average Bonchev–Trinajstić information content (AvgIpc) is 2.95. The van der Waals surface area contributed by atoms with E-state index in [1.165, 1.54) is 16.7 Å². The van der Waals surface area contributed by atoms with Gasteiger partial charge in [0, 0.05) is 5.75 Å². The number of hydrogen-bond donors (Lipinski definition) is 1. The van der Waals surface area contributed by atoms with Gasteiger partial charge in [-0.3, -0.25) is 9.59 Å². The van der Waals surface area contributed by atoms with Gasteiger partial charge in [0.15, 0.2) is 0 Å². The molecular weight excluding hydrogens is 374 g/mol. The third-order valence-electron chi connectivity index (χ3n) is 4.12. The lowest BCUT2D eigenvalue weighted by atomic mass is 10.1. The minimum Gasteiger partial charge on any atom is -0.493 e. The van der Waals surface area contributed by atoms with E-state index < -0.39 is 0 Å². The van der Waals surface area contributed by atoms with Gasteiger partial charge >= 0.3 is 0 Å². The number of carbonyl (C=O) groups excluding carboxylic acids is 2. The van der Waals surface area contributed by atoms with Gasteiger partial charge in [0.25, 0.3) is 11.8 Å². The molecule has 0 radical (unpaired) electrons. The molecule has 0 aliphatic carbocycles. The Morgan fingerprint density at radius 3 is 2.29 bits per heavy atom. The van der Waals surface area contributed by atoms with Crippen molar-refractivity contribution < 1.29 is 19.4 Å². The Labute approximate surface area is 169 Å². The summed E-state index contributed by atoms with van der Waals surface area (Å²) in [4.78, 5) is 27.7. The molecule has 2 aromatic rings. The number of thioether (sulfide) groups is 1. The highest BCUT2D eigenvalue weighted by Crippen LogP contribution is 2.38. The fraction of sp³-hybridized carbons (Fsp3) is 0.273. The summed E-state index contributed by atoms with van der Waals surface area (Å²) in [6.07, 6.45) is 0. The standard InChI is InChI=1S/C22H23NO4S/c1-15(2)14-27-18-10-8-17(9-11-18)23-21(25)19(16-6-4-3-5-7-16)20(22(23)26)28-13-12-24/h3-11,15,24H,12-14H2,1-2H3. The normalized spacial score (nSPS) is 14.4. The van der Waals surface area contributed by atoms with Crippen LogP contribution < -0.4 is 9.64 Å². The molecule has 0 fully saturated rings. The van der Waals surface area contributed by atoms with Gasteiger partial charge in [0.2, 0.25) is 0 Å². The predicted molar refractivity (Wildman–Crippen MR) is 112 cm³/mol. The lowest BCUT2D eigenvalue weighted by molar-refractivity contribution is -0.119. The fourth-order valence-electron chi connectivity index (χ4n) is 2.84. The minimum absolute atomic E-state index is 0.0698. The summed E-state index contributed by atoms with van der Waals surface area (Å²) >= 11 is 1.20. The van der Waals surface area contributed by atoms with E-state index in [0.717, 1.165) is 0 Å². The molecule has 0 spiro atoms. The van der Waals surface area contributed by atoms with E-state index in [1.54, 1.807) is 24.3 Å². The zero-order valence-corrected chi connectivity index (χ0v) is 16.7. The van der Waals surface area contributed by atoms with Gasteiger partial charge in [-0.25, -0.2) is 4.90 Å². The molecule has 1 heterocycles. The second-order valence-corrected chi connectivity index (χ2v) is 7.89. The lowest BCUT2D eigenvalue weighted by Crippen LogP contribution is -2.31. The molecule has 0 unspecified atom stereocenters. The van der Waals surface area contributed by atoms with Crippen LogP contribution >= 0.6 is 11.8 Å². The first kappa shape index (κ1) is 20.2. The molecule has 1 aliphatic rings. The molecular formula is C22H23NO4S. The number of nitrogens with zero attached hydrogens (tertiary/aromatic N) is 1. The number of carbonyl (C=O) groups is 2. The van der Waals surface area contributed by atoms with Crippen LogP contribution in [0.3, 0.4) is 0 Å². The quantitative estimate of drug-likeness (QED) is 0.688. The van der Waals surface area contributed by atoms with Crippen LogP contribution in [0.5, 0.6) is 5.75 Å². The number of hydrogen-bond acceptors (Lipinski definition) is 5. The maximum atomic E-state index is 13.1. The number of aliphatic hydroxyl groups is 1. The Balaban J connectivity index is 1.90. The number of anilines is 1. The van der Waals surface area contributed by atoms with E-state index >= 15 is 0 Å². The molecule has 1 N–H and O–H groups in total. The molecule has 0 saturated heterocycles. The van der Waals surface area contributed by atoms with Gasteiger partial charge in [-0.1, -0.05) is 44.2 Å². The number of ether oxygens (including phenoxy) is 1. The van der Waals surface area contributed by atoms with Crippen molar-refractivity contribution in [2.24, 2.45) is 5.92 Å². The average molecular weight is 397 g/mol. The first-order chi connectivity index (χ1) is 13.5. The van der Waals surface area contributed by atoms with Crippen LogP contribution in [0.15, 0.2) is 59.5 Å². The van der Waals surface area contributed by atoms with Crippen LogP contribution in [0.25, 0.3) is 5.57 Å². The van der Waals surface area contributed by atoms with E-state index in [2.05, 4.69) is 13.8 Å². The van der Waals surface area contributed by atoms with E-state index in [0.29, 0.717) is 45.8 Å². The van der Waals surface area contributed by atoms with Gasteiger partial charge in [-0.2, -0.15) is 0 Å². The van der Waals surface area contributed by atoms with Crippen molar-refractivity contribution >= 4 is 34.8 Å². The summed E-state index contributed by atoms with van der Waals surface area (Å²) in [5.41, 5.74) is 1.57. The third-order valence-corrected chi connectivity index (χ3v) is 5.17. The Bertz CT molecular complexity index is 875. The number of rotatable bonds is 8. The molecule has 2 aromatic carbocycles. The summed E-state index contributed by atoms with van der Waals surface area (Å²) in [6, 6.07) is 16.1. The zero-order valence-electron chi connectivity index (χ0n) is 15.9. The van der Waals surface area contributed by atoms with Gasteiger partial charge in [-0.05, 0) is 35.7 Å². The second-order valence-electron chi connectivity index (χ2n) is 6.79. The van der Waals surface area contributed by atoms with E-state index in [1.807, 2.05) is 30.3 Å². The molecule has 6 heteroatoms. The maximum absolute atomic E-state index is 13.1. The number of aliphatic hydroxyl groups excluding tert-OH is 1. The van der Waals surface area contributed by atoms with Crippen molar-refractivity contribution in [1.82, 2.24) is 0 Å². The van der Waals surface area contributed by atoms with Crippen LogP contribution in [0.2, 0.25) is 0 Å². The van der Waals surface area contributed by atoms with E-state index in [9.17, 15) is 14.7 Å². The smallest absolute Gasteiger partial charge is 0.272 e.